The third-order valence-corrected chi connectivity index (χ3v) is 3.00. The summed E-state index contributed by atoms with van der Waals surface area (Å²) in [5.74, 6) is 0. The Kier molecular flexibility index (Phi) is 2.57. The molecule has 2 heteroatoms. The van der Waals surface area contributed by atoms with Crippen molar-refractivity contribution in [3.8, 4) is 0 Å². The number of nitrogens with two attached hydrogens (primary N) is 1. The van der Waals surface area contributed by atoms with Gasteiger partial charge in [-0.1, -0.05) is 25.1 Å². The van der Waals surface area contributed by atoms with Crippen molar-refractivity contribution in [2.24, 2.45) is 5.73 Å². The summed E-state index contributed by atoms with van der Waals surface area (Å²) in [6.45, 7) is 4.95. The van der Waals surface area contributed by atoms with Crippen LogP contribution in [-0.4, -0.2) is 6.10 Å². The Hall–Kier alpha value is -0.860. The van der Waals surface area contributed by atoms with Gasteiger partial charge in [-0.25, -0.2) is 0 Å². The lowest BCUT2D eigenvalue weighted by molar-refractivity contribution is 0.00656. The molecule has 1 aliphatic rings. The minimum atomic E-state index is 0.0462. The number of ether oxygens (including phenoxy) is 1. The van der Waals surface area contributed by atoms with E-state index in [0.29, 0.717) is 6.61 Å². The van der Waals surface area contributed by atoms with Crippen LogP contribution in [0.25, 0.3) is 0 Å². The van der Waals surface area contributed by atoms with Crippen LogP contribution in [-0.2, 0) is 11.3 Å². The molecule has 0 saturated carbocycles. The Balaban J connectivity index is 2.43. The maximum Gasteiger partial charge on any atom is 0.0769 e. The summed E-state index contributed by atoms with van der Waals surface area (Å²) in [6.07, 6.45) is 1.16. The van der Waals surface area contributed by atoms with Gasteiger partial charge in [0.1, 0.15) is 0 Å². The van der Waals surface area contributed by atoms with Gasteiger partial charge in [0.15, 0.2) is 0 Å². The molecule has 0 radical (unpaired) electrons. The van der Waals surface area contributed by atoms with E-state index in [-0.39, 0.29) is 12.1 Å². The summed E-state index contributed by atoms with van der Waals surface area (Å²) in [4.78, 5) is 0. The van der Waals surface area contributed by atoms with E-state index in [4.69, 9.17) is 10.5 Å². The molecular formula is C12H17NO. The lowest BCUT2D eigenvalue weighted by Crippen LogP contribution is -2.33. The predicted octanol–water partition coefficient (Wildman–Crippen LogP) is 2.30. The van der Waals surface area contributed by atoms with E-state index in [0.717, 1.165) is 6.42 Å². The number of benzene rings is 1. The fraction of sp³-hybridized carbons (Fsp3) is 0.500. The molecule has 0 amide bonds. The zero-order chi connectivity index (χ0) is 10.1. The van der Waals surface area contributed by atoms with Crippen LogP contribution < -0.4 is 5.73 Å². The van der Waals surface area contributed by atoms with Crippen LogP contribution in [0.2, 0.25) is 0 Å². The second-order valence-corrected chi connectivity index (χ2v) is 3.93. The lowest BCUT2D eigenvalue weighted by atomic mass is 9.90. The monoisotopic (exact) mass is 191 g/mol. The molecule has 2 atom stereocenters. The predicted molar refractivity (Wildman–Crippen MR) is 57.0 cm³/mol. The summed E-state index contributed by atoms with van der Waals surface area (Å²) in [7, 11) is 0. The van der Waals surface area contributed by atoms with Gasteiger partial charge in [-0.15, -0.1) is 0 Å². The molecule has 0 aliphatic carbocycles. The fourth-order valence-corrected chi connectivity index (χ4v) is 2.20. The maximum atomic E-state index is 6.18. The van der Waals surface area contributed by atoms with Gasteiger partial charge in [0.25, 0.3) is 0 Å². The molecule has 2 rings (SSSR count). The molecular weight excluding hydrogens is 174 g/mol. The summed E-state index contributed by atoms with van der Waals surface area (Å²) in [5, 5.41) is 0. The number of hydrogen-bond acceptors (Lipinski definition) is 2. The van der Waals surface area contributed by atoms with Crippen LogP contribution in [0.3, 0.4) is 0 Å². The second-order valence-electron chi connectivity index (χ2n) is 3.93. The molecule has 76 valence electrons. The molecule has 0 spiro atoms. The second kappa shape index (κ2) is 3.71. The molecule has 0 fully saturated rings. The Bertz CT molecular complexity index is 335. The molecule has 1 unspecified atom stereocenters. The highest BCUT2D eigenvalue weighted by atomic mass is 16.5. The highest BCUT2D eigenvalue weighted by Crippen LogP contribution is 2.31. The van der Waals surface area contributed by atoms with Gasteiger partial charge in [-0.05, 0) is 30.0 Å². The molecule has 0 bridgehead atoms. The van der Waals surface area contributed by atoms with Crippen molar-refractivity contribution in [2.45, 2.75) is 39.0 Å². The SMILES string of the molecule is CC[C@H]1OCc2cccc(C)c2C1N. The topological polar surface area (TPSA) is 35.2 Å². The average Bonchev–Trinajstić information content (AvgIpc) is 2.18. The van der Waals surface area contributed by atoms with E-state index in [9.17, 15) is 0 Å². The minimum absolute atomic E-state index is 0.0462. The Labute approximate surface area is 85.1 Å². The molecule has 0 saturated heterocycles. The molecule has 1 aromatic carbocycles. The Morgan fingerprint density at radius 3 is 3.00 bits per heavy atom. The lowest BCUT2D eigenvalue weighted by Gasteiger charge is -2.31. The first-order chi connectivity index (χ1) is 6.74. The first-order valence-corrected chi connectivity index (χ1v) is 5.19. The van der Waals surface area contributed by atoms with Crippen molar-refractivity contribution in [3.63, 3.8) is 0 Å². The normalized spacial score (nSPS) is 25.9. The van der Waals surface area contributed by atoms with Gasteiger partial charge in [-0.3, -0.25) is 0 Å². The van der Waals surface area contributed by atoms with Gasteiger partial charge in [0.2, 0.25) is 0 Å². The molecule has 1 heterocycles. The van der Waals surface area contributed by atoms with E-state index >= 15 is 0 Å². The standard InChI is InChI=1S/C12H17NO/c1-3-10-12(13)11-8(2)5-4-6-9(11)7-14-10/h4-6,10,12H,3,7,13H2,1-2H3/t10-,12?/m1/s1. The quantitative estimate of drug-likeness (QED) is 0.739. The highest BCUT2D eigenvalue weighted by molar-refractivity contribution is 5.38. The number of hydrogen-bond donors (Lipinski definition) is 1. The van der Waals surface area contributed by atoms with Gasteiger partial charge in [-0.2, -0.15) is 0 Å². The van der Waals surface area contributed by atoms with E-state index in [1.54, 1.807) is 0 Å². The fourth-order valence-electron chi connectivity index (χ4n) is 2.20. The van der Waals surface area contributed by atoms with Gasteiger partial charge < -0.3 is 10.5 Å². The number of aryl methyl sites for hydroxylation is 1. The molecule has 2 nitrogen and oxygen atoms in total. The molecule has 2 N–H and O–H groups in total. The van der Waals surface area contributed by atoms with E-state index in [2.05, 4.69) is 32.0 Å². The summed E-state index contributed by atoms with van der Waals surface area (Å²) < 4.78 is 5.70. The van der Waals surface area contributed by atoms with Crippen LogP contribution in [0.15, 0.2) is 18.2 Å². The average molecular weight is 191 g/mol. The summed E-state index contributed by atoms with van der Waals surface area (Å²) >= 11 is 0. The third kappa shape index (κ3) is 1.45. The van der Waals surface area contributed by atoms with Crippen molar-refractivity contribution >= 4 is 0 Å². The van der Waals surface area contributed by atoms with Crippen molar-refractivity contribution in [1.82, 2.24) is 0 Å². The van der Waals surface area contributed by atoms with Crippen LogP contribution in [0, 0.1) is 6.92 Å². The molecule has 1 aliphatic heterocycles. The zero-order valence-corrected chi connectivity index (χ0v) is 8.79. The van der Waals surface area contributed by atoms with E-state index in [1.165, 1.54) is 16.7 Å². The summed E-state index contributed by atoms with van der Waals surface area (Å²) in [5.41, 5.74) is 10.0. The smallest absolute Gasteiger partial charge is 0.0769 e. The zero-order valence-electron chi connectivity index (χ0n) is 8.79. The summed E-state index contributed by atoms with van der Waals surface area (Å²) in [6, 6.07) is 6.34. The third-order valence-electron chi connectivity index (χ3n) is 3.00. The Morgan fingerprint density at radius 2 is 2.29 bits per heavy atom. The first kappa shape index (κ1) is 9.69. The van der Waals surface area contributed by atoms with Crippen LogP contribution in [0.4, 0.5) is 0 Å². The van der Waals surface area contributed by atoms with Crippen LogP contribution >= 0.6 is 0 Å². The van der Waals surface area contributed by atoms with Crippen molar-refractivity contribution in [3.05, 3.63) is 34.9 Å². The molecule has 0 aromatic heterocycles. The van der Waals surface area contributed by atoms with Crippen molar-refractivity contribution in [2.75, 3.05) is 0 Å². The van der Waals surface area contributed by atoms with Gasteiger partial charge in [0, 0.05) is 0 Å². The number of rotatable bonds is 1. The van der Waals surface area contributed by atoms with Gasteiger partial charge in [0.05, 0.1) is 18.8 Å². The number of fused-ring (bicyclic) bond motifs is 1. The van der Waals surface area contributed by atoms with Crippen LogP contribution in [0.5, 0.6) is 0 Å². The van der Waals surface area contributed by atoms with Crippen LogP contribution in [0.1, 0.15) is 36.1 Å². The highest BCUT2D eigenvalue weighted by Gasteiger charge is 2.26. The van der Waals surface area contributed by atoms with Crippen molar-refractivity contribution < 1.29 is 4.74 Å². The largest absolute Gasteiger partial charge is 0.372 e. The van der Waals surface area contributed by atoms with E-state index in [1.807, 2.05) is 0 Å². The maximum absolute atomic E-state index is 6.18. The van der Waals surface area contributed by atoms with E-state index < -0.39 is 0 Å². The Morgan fingerprint density at radius 1 is 1.50 bits per heavy atom. The van der Waals surface area contributed by atoms with Gasteiger partial charge >= 0.3 is 0 Å². The first-order valence-electron chi connectivity index (χ1n) is 5.19. The minimum Gasteiger partial charge on any atom is -0.372 e. The van der Waals surface area contributed by atoms with Crippen molar-refractivity contribution in [1.29, 1.82) is 0 Å². The molecule has 14 heavy (non-hydrogen) atoms. The molecule has 1 aromatic rings.